The highest BCUT2D eigenvalue weighted by atomic mass is 14.7. The molecule has 0 aromatic carbocycles. The molecule has 0 aliphatic carbocycles. The summed E-state index contributed by atoms with van der Waals surface area (Å²) in [7, 11) is 0. The van der Waals surface area contributed by atoms with Gasteiger partial charge < -0.3 is 5.73 Å². The second kappa shape index (κ2) is 3.71. The Morgan fingerprint density at radius 1 is 1.73 bits per heavy atom. The van der Waals surface area contributed by atoms with Crippen LogP contribution in [0.3, 0.4) is 0 Å². The van der Waals surface area contributed by atoms with Crippen molar-refractivity contribution in [1.82, 2.24) is 4.98 Å². The molecule has 1 aromatic heterocycles. The zero-order valence-electron chi connectivity index (χ0n) is 6.49. The Bertz CT molecular complexity index is 255. The summed E-state index contributed by atoms with van der Waals surface area (Å²) in [5, 5.41) is 0. The van der Waals surface area contributed by atoms with Crippen molar-refractivity contribution in [2.45, 2.75) is 6.92 Å². The molecule has 0 radical (unpaired) electrons. The zero-order valence-corrected chi connectivity index (χ0v) is 6.49. The van der Waals surface area contributed by atoms with Crippen molar-refractivity contribution in [2.24, 2.45) is 4.99 Å². The van der Waals surface area contributed by atoms with Crippen LogP contribution in [0.1, 0.15) is 12.5 Å². The smallest absolute Gasteiger partial charge is 0.0434 e. The van der Waals surface area contributed by atoms with Gasteiger partial charge in [0.05, 0.1) is 0 Å². The van der Waals surface area contributed by atoms with Gasteiger partial charge in [0.15, 0.2) is 0 Å². The maximum Gasteiger partial charge on any atom is 0.0434 e. The summed E-state index contributed by atoms with van der Waals surface area (Å²) in [5.74, 6) is 0. The Kier molecular flexibility index (Phi) is 2.60. The molecule has 3 nitrogen and oxygen atoms in total. The second-order valence-corrected chi connectivity index (χ2v) is 2.13. The van der Waals surface area contributed by atoms with Gasteiger partial charge in [0.25, 0.3) is 0 Å². The van der Waals surface area contributed by atoms with Gasteiger partial charge in [0.2, 0.25) is 0 Å². The van der Waals surface area contributed by atoms with E-state index in [1.807, 2.05) is 6.92 Å². The number of hydrogen-bond donors (Lipinski definition) is 1. The van der Waals surface area contributed by atoms with Crippen molar-refractivity contribution in [3.05, 3.63) is 24.0 Å². The zero-order chi connectivity index (χ0) is 8.10. The number of rotatable bonds is 2. The van der Waals surface area contributed by atoms with E-state index in [1.54, 1.807) is 24.7 Å². The van der Waals surface area contributed by atoms with Crippen LogP contribution in [0, 0.1) is 0 Å². The minimum atomic E-state index is 0.720. The molecule has 1 heterocycles. The summed E-state index contributed by atoms with van der Waals surface area (Å²) in [5.41, 5.74) is 7.23. The Morgan fingerprint density at radius 3 is 3.18 bits per heavy atom. The highest BCUT2D eigenvalue weighted by molar-refractivity contribution is 5.86. The number of anilines is 1. The fourth-order valence-corrected chi connectivity index (χ4v) is 0.715. The number of nitrogen functional groups attached to an aromatic ring is 1. The standard InChI is InChI=1S/C8H11N3/c1-2-10-5-7-6-11-4-3-8(7)9/h3-6H,2H2,1H3,(H2,9,11). The first kappa shape index (κ1) is 7.72. The molecule has 0 atom stereocenters. The van der Waals surface area contributed by atoms with Gasteiger partial charge >= 0.3 is 0 Å². The van der Waals surface area contributed by atoms with E-state index in [0.717, 1.165) is 17.8 Å². The Balaban J connectivity index is 2.86. The maximum atomic E-state index is 5.63. The molecule has 0 aliphatic rings. The van der Waals surface area contributed by atoms with E-state index in [2.05, 4.69) is 9.98 Å². The molecule has 0 saturated heterocycles. The van der Waals surface area contributed by atoms with E-state index in [0.29, 0.717) is 0 Å². The summed E-state index contributed by atoms with van der Waals surface area (Å²) in [6, 6.07) is 1.76. The fraction of sp³-hybridized carbons (Fsp3) is 0.250. The quantitative estimate of drug-likeness (QED) is 0.640. The number of hydrogen-bond acceptors (Lipinski definition) is 3. The molecular weight excluding hydrogens is 138 g/mol. The highest BCUT2D eigenvalue weighted by Crippen LogP contribution is 2.04. The van der Waals surface area contributed by atoms with Crippen LogP contribution in [0.25, 0.3) is 0 Å². The Morgan fingerprint density at radius 2 is 2.55 bits per heavy atom. The van der Waals surface area contributed by atoms with Gasteiger partial charge in [0.1, 0.15) is 0 Å². The lowest BCUT2D eigenvalue weighted by Crippen LogP contribution is -1.93. The molecule has 0 unspecified atom stereocenters. The number of nitrogens with two attached hydrogens (primary N) is 1. The summed E-state index contributed by atoms with van der Waals surface area (Å²) in [4.78, 5) is 7.99. The van der Waals surface area contributed by atoms with Crippen LogP contribution in [0.4, 0.5) is 5.69 Å². The second-order valence-electron chi connectivity index (χ2n) is 2.13. The van der Waals surface area contributed by atoms with Gasteiger partial charge in [0, 0.05) is 36.4 Å². The first-order valence-corrected chi connectivity index (χ1v) is 3.54. The third-order valence-corrected chi connectivity index (χ3v) is 1.30. The van der Waals surface area contributed by atoms with Crippen LogP contribution in [-0.2, 0) is 0 Å². The third kappa shape index (κ3) is 2.04. The topological polar surface area (TPSA) is 51.3 Å². The van der Waals surface area contributed by atoms with E-state index in [-0.39, 0.29) is 0 Å². The summed E-state index contributed by atoms with van der Waals surface area (Å²) in [6.45, 7) is 2.75. The monoisotopic (exact) mass is 149 g/mol. The van der Waals surface area contributed by atoms with Crippen LogP contribution in [0.5, 0.6) is 0 Å². The minimum absolute atomic E-state index is 0.720. The number of pyridine rings is 1. The Hall–Kier alpha value is -1.38. The van der Waals surface area contributed by atoms with E-state index >= 15 is 0 Å². The summed E-state index contributed by atoms with van der Waals surface area (Å²) >= 11 is 0. The predicted molar refractivity (Wildman–Crippen MR) is 46.8 cm³/mol. The maximum absolute atomic E-state index is 5.63. The lowest BCUT2D eigenvalue weighted by molar-refractivity contribution is 1.14. The molecule has 0 fully saturated rings. The normalized spacial score (nSPS) is 10.6. The highest BCUT2D eigenvalue weighted by Gasteiger charge is 1.91. The number of aliphatic imine (C=N–C) groups is 1. The lowest BCUT2D eigenvalue weighted by atomic mass is 10.2. The minimum Gasteiger partial charge on any atom is -0.398 e. The van der Waals surface area contributed by atoms with Crippen LogP contribution in [-0.4, -0.2) is 17.7 Å². The van der Waals surface area contributed by atoms with Crippen LogP contribution in [0.2, 0.25) is 0 Å². The van der Waals surface area contributed by atoms with Crippen molar-refractivity contribution in [1.29, 1.82) is 0 Å². The first-order chi connectivity index (χ1) is 5.34. The average molecular weight is 149 g/mol. The predicted octanol–water partition coefficient (Wildman–Crippen LogP) is 1.10. The van der Waals surface area contributed by atoms with Gasteiger partial charge in [-0.2, -0.15) is 0 Å². The molecule has 11 heavy (non-hydrogen) atoms. The lowest BCUT2D eigenvalue weighted by Gasteiger charge is -1.95. The number of aromatic nitrogens is 1. The molecule has 0 bridgehead atoms. The fourth-order valence-electron chi connectivity index (χ4n) is 0.715. The van der Waals surface area contributed by atoms with Gasteiger partial charge in [-0.15, -0.1) is 0 Å². The van der Waals surface area contributed by atoms with Crippen molar-refractivity contribution >= 4 is 11.9 Å². The van der Waals surface area contributed by atoms with Gasteiger partial charge in [-0.3, -0.25) is 9.98 Å². The van der Waals surface area contributed by atoms with E-state index in [1.165, 1.54) is 0 Å². The molecule has 0 aliphatic heterocycles. The van der Waals surface area contributed by atoms with Gasteiger partial charge in [-0.1, -0.05) is 0 Å². The molecule has 1 rings (SSSR count). The van der Waals surface area contributed by atoms with Gasteiger partial charge in [-0.05, 0) is 13.0 Å². The molecule has 1 aromatic rings. The summed E-state index contributed by atoms with van der Waals surface area (Å²) < 4.78 is 0. The summed E-state index contributed by atoms with van der Waals surface area (Å²) in [6.07, 6.45) is 5.11. The van der Waals surface area contributed by atoms with E-state index in [9.17, 15) is 0 Å². The van der Waals surface area contributed by atoms with Gasteiger partial charge in [-0.25, -0.2) is 0 Å². The molecule has 0 spiro atoms. The molecule has 0 amide bonds. The first-order valence-electron chi connectivity index (χ1n) is 3.54. The molecular formula is C8H11N3. The molecule has 58 valence electrons. The van der Waals surface area contributed by atoms with Crippen molar-refractivity contribution in [2.75, 3.05) is 12.3 Å². The van der Waals surface area contributed by atoms with E-state index < -0.39 is 0 Å². The SMILES string of the molecule is CCN=Cc1cnccc1N. The molecule has 2 N–H and O–H groups in total. The molecule has 0 saturated carbocycles. The van der Waals surface area contributed by atoms with Crippen molar-refractivity contribution < 1.29 is 0 Å². The largest absolute Gasteiger partial charge is 0.398 e. The molecule has 3 heteroatoms. The Labute approximate surface area is 66.0 Å². The van der Waals surface area contributed by atoms with Crippen LogP contribution < -0.4 is 5.73 Å². The van der Waals surface area contributed by atoms with Crippen LogP contribution in [0.15, 0.2) is 23.5 Å². The van der Waals surface area contributed by atoms with Crippen LogP contribution >= 0.6 is 0 Å². The third-order valence-electron chi connectivity index (χ3n) is 1.30. The average Bonchev–Trinajstić information content (AvgIpc) is 2.03. The van der Waals surface area contributed by atoms with E-state index in [4.69, 9.17) is 5.73 Å². The van der Waals surface area contributed by atoms with Crippen molar-refractivity contribution in [3.8, 4) is 0 Å². The number of nitrogens with zero attached hydrogens (tertiary/aromatic N) is 2. The van der Waals surface area contributed by atoms with Crippen molar-refractivity contribution in [3.63, 3.8) is 0 Å².